The van der Waals surface area contributed by atoms with Gasteiger partial charge in [-0.3, -0.25) is 9.59 Å². The lowest BCUT2D eigenvalue weighted by Gasteiger charge is -2.34. The summed E-state index contributed by atoms with van der Waals surface area (Å²) in [6, 6.07) is 66.0. The molecule has 3 aliphatic rings. The van der Waals surface area contributed by atoms with Gasteiger partial charge in [-0.1, -0.05) is 223 Å². The largest absolute Gasteiger partial charge is 0.504 e. The molecule has 0 saturated carbocycles. The molecule has 0 fully saturated rings. The SMILES string of the molecule is CCCC(CC)(Oc1cc(C(=O)OC(C)(C)C)cc2c1OC(c1ccccc1)(c1ccccc1)O2)C(=O)c1cc(OC(CC)(CCC)C(=O)c2cc(O)c3c(c2)OC(c2ccccc2)(c2ccccc2)O3)c2c(c1)OC(c1ccccc1)(c1ccccc1)O2. The molecule has 2 unspecified atom stereocenters. The molecule has 13 heteroatoms. The average Bonchev–Trinajstić information content (AvgIpc) is 1.66. The van der Waals surface area contributed by atoms with Crippen molar-refractivity contribution in [3.8, 4) is 51.7 Å². The number of carbonyl (C=O) groups excluding carboxylic acids is 3. The molecule has 0 saturated heterocycles. The molecular weight excluding hydrogens is 1120 g/mol. The molecule has 452 valence electrons. The summed E-state index contributed by atoms with van der Waals surface area (Å²) in [5.41, 5.74) is 0.107. The summed E-state index contributed by atoms with van der Waals surface area (Å²) in [7, 11) is 0. The molecule has 2 atom stereocenters. The molecule has 3 heterocycles. The van der Waals surface area contributed by atoms with Crippen LogP contribution in [0, 0.1) is 0 Å². The third-order valence-corrected chi connectivity index (χ3v) is 16.5. The van der Waals surface area contributed by atoms with E-state index in [-0.39, 0.29) is 94.1 Å². The fraction of sp³-hybridized carbons (Fsp3) is 0.250. The Morgan fingerprint density at radius 3 is 1.00 bits per heavy atom. The lowest BCUT2D eigenvalue weighted by Crippen LogP contribution is -2.45. The molecule has 0 aromatic heterocycles. The molecule has 13 nitrogen and oxygen atoms in total. The van der Waals surface area contributed by atoms with Gasteiger partial charge in [-0.2, -0.15) is 0 Å². The third kappa shape index (κ3) is 10.7. The highest BCUT2D eigenvalue weighted by molar-refractivity contribution is 6.05. The zero-order valence-electron chi connectivity index (χ0n) is 50.9. The lowest BCUT2D eigenvalue weighted by molar-refractivity contribution is -0.0484. The van der Waals surface area contributed by atoms with Crippen molar-refractivity contribution in [3.05, 3.63) is 268 Å². The minimum atomic E-state index is -1.66. The average molecular weight is 1190 g/mol. The maximum Gasteiger partial charge on any atom is 0.338 e. The Labute approximate surface area is 518 Å². The Morgan fingerprint density at radius 1 is 0.393 bits per heavy atom. The number of hydrogen-bond acceptors (Lipinski definition) is 13. The van der Waals surface area contributed by atoms with Gasteiger partial charge >= 0.3 is 23.3 Å². The van der Waals surface area contributed by atoms with Crippen LogP contribution >= 0.6 is 0 Å². The van der Waals surface area contributed by atoms with Crippen molar-refractivity contribution in [2.75, 3.05) is 0 Å². The molecular formula is C76H70O13. The highest BCUT2D eigenvalue weighted by atomic mass is 16.8. The number of Topliss-reactive ketones (excluding diaryl/α,β-unsaturated/α-hetero) is 2. The summed E-state index contributed by atoms with van der Waals surface area (Å²) in [5, 5.41) is 11.9. The molecule has 0 radical (unpaired) electrons. The summed E-state index contributed by atoms with van der Waals surface area (Å²) in [6.45, 7) is 13.0. The first kappa shape index (κ1) is 59.3. The van der Waals surface area contributed by atoms with Gasteiger partial charge in [0.1, 0.15) is 5.60 Å². The molecule has 0 amide bonds. The van der Waals surface area contributed by atoms with E-state index < -0.39 is 51.7 Å². The van der Waals surface area contributed by atoms with Crippen molar-refractivity contribution in [2.24, 2.45) is 0 Å². The first-order valence-corrected chi connectivity index (χ1v) is 30.4. The van der Waals surface area contributed by atoms with Crippen molar-refractivity contribution in [3.63, 3.8) is 0 Å². The van der Waals surface area contributed by atoms with Crippen LogP contribution < -0.4 is 37.9 Å². The van der Waals surface area contributed by atoms with Gasteiger partial charge in [-0.25, -0.2) is 4.79 Å². The molecule has 0 spiro atoms. The van der Waals surface area contributed by atoms with Gasteiger partial charge in [0, 0.05) is 44.5 Å². The van der Waals surface area contributed by atoms with Crippen molar-refractivity contribution in [2.45, 2.75) is 121 Å². The summed E-state index contributed by atoms with van der Waals surface area (Å²) in [5.74, 6) is -5.51. The number of ketones is 2. The number of fused-ring (bicyclic) bond motifs is 3. The number of ether oxygens (including phenoxy) is 9. The maximum atomic E-state index is 16.4. The van der Waals surface area contributed by atoms with Gasteiger partial charge in [0.15, 0.2) is 45.7 Å². The number of phenols is 1. The normalized spacial score (nSPS) is 15.9. The summed E-state index contributed by atoms with van der Waals surface area (Å²) in [6.07, 6.45) is 1.61. The van der Waals surface area contributed by atoms with Gasteiger partial charge in [0.25, 0.3) is 0 Å². The smallest absolute Gasteiger partial charge is 0.338 e. The Hall–Kier alpha value is -10.0. The zero-order chi connectivity index (χ0) is 62.2. The monoisotopic (exact) mass is 1190 g/mol. The minimum absolute atomic E-state index is 0.0435. The summed E-state index contributed by atoms with van der Waals surface area (Å²) in [4.78, 5) is 46.5. The molecule has 12 rings (SSSR count). The Bertz CT molecular complexity index is 3940. The molecule has 89 heavy (non-hydrogen) atoms. The van der Waals surface area contributed by atoms with Crippen LogP contribution in [0.3, 0.4) is 0 Å². The molecule has 9 aromatic rings. The van der Waals surface area contributed by atoms with Crippen LogP contribution in [0.4, 0.5) is 0 Å². The van der Waals surface area contributed by atoms with Crippen LogP contribution in [0.15, 0.2) is 218 Å². The molecule has 0 aliphatic carbocycles. The number of carbonyl (C=O) groups is 3. The van der Waals surface area contributed by atoms with Crippen LogP contribution in [-0.4, -0.2) is 39.4 Å². The highest BCUT2D eigenvalue weighted by Crippen LogP contribution is 2.58. The van der Waals surface area contributed by atoms with Crippen LogP contribution in [-0.2, 0) is 22.1 Å². The minimum Gasteiger partial charge on any atom is -0.504 e. The maximum absolute atomic E-state index is 16.4. The Balaban J connectivity index is 0.990. The predicted octanol–water partition coefficient (Wildman–Crippen LogP) is 16.8. The van der Waals surface area contributed by atoms with Gasteiger partial charge in [0.05, 0.1) is 5.56 Å². The number of rotatable bonds is 21. The Kier molecular flexibility index (Phi) is 15.7. The van der Waals surface area contributed by atoms with Gasteiger partial charge in [0.2, 0.25) is 28.8 Å². The second kappa shape index (κ2) is 23.6. The van der Waals surface area contributed by atoms with Crippen LogP contribution in [0.1, 0.15) is 151 Å². The van der Waals surface area contributed by atoms with E-state index in [0.717, 1.165) is 0 Å². The van der Waals surface area contributed by atoms with E-state index >= 15 is 9.59 Å². The quantitative estimate of drug-likeness (QED) is 0.0536. The van der Waals surface area contributed by atoms with E-state index in [2.05, 4.69) is 0 Å². The zero-order valence-corrected chi connectivity index (χ0v) is 50.9. The molecule has 9 aromatic carbocycles. The van der Waals surface area contributed by atoms with E-state index in [9.17, 15) is 9.90 Å². The van der Waals surface area contributed by atoms with E-state index in [1.165, 1.54) is 6.07 Å². The number of aromatic hydroxyl groups is 1. The second-order valence-electron chi connectivity index (χ2n) is 23.6. The summed E-state index contributed by atoms with van der Waals surface area (Å²) < 4.78 is 62.3. The van der Waals surface area contributed by atoms with Gasteiger partial charge in [-0.15, -0.1) is 0 Å². The van der Waals surface area contributed by atoms with Crippen molar-refractivity contribution in [1.82, 2.24) is 0 Å². The molecule has 0 bridgehead atoms. The standard InChI is InChI=1S/C76H70O13/c1-8-42-72(10-3,68(78)50-44-59(77)65-60(45-50)83-74(86-65,53-30-18-12-19-31-53)54-32-20-13-21-33-54)81-61-46-51(47-63-66(61)87-75(84-63,55-34-22-14-23-35-55)56-36-24-15-25-37-56)69(79)73(11-4,43-9-2)82-62-48-52(70(80)89-71(5,6)7)49-64-67(62)88-76(85-64,57-38-26-16-27-39-57)58-40-28-17-29-41-58/h12-41,44-49,77H,8-11,42-43H2,1-7H3. The van der Waals surface area contributed by atoms with Crippen LogP contribution in [0.25, 0.3) is 0 Å². The number of phenolic OH excluding ortho intramolecular Hbond substituents is 1. The number of hydrogen-bond donors (Lipinski definition) is 1. The summed E-state index contributed by atoms with van der Waals surface area (Å²) >= 11 is 0. The molecule has 1 N–H and O–H groups in total. The first-order chi connectivity index (χ1) is 43.0. The second-order valence-corrected chi connectivity index (χ2v) is 23.6. The first-order valence-electron chi connectivity index (χ1n) is 30.4. The van der Waals surface area contributed by atoms with Gasteiger partial charge in [-0.05, 0) is 82.9 Å². The fourth-order valence-electron chi connectivity index (χ4n) is 12.2. The van der Waals surface area contributed by atoms with E-state index in [1.807, 2.05) is 210 Å². The van der Waals surface area contributed by atoms with Crippen molar-refractivity contribution >= 4 is 17.5 Å². The van der Waals surface area contributed by atoms with E-state index in [0.29, 0.717) is 46.2 Å². The van der Waals surface area contributed by atoms with E-state index in [4.69, 9.17) is 42.6 Å². The lowest BCUT2D eigenvalue weighted by atomic mass is 9.84. The van der Waals surface area contributed by atoms with Crippen molar-refractivity contribution < 1.29 is 62.1 Å². The topological polar surface area (TPSA) is 155 Å². The van der Waals surface area contributed by atoms with Crippen LogP contribution in [0.2, 0.25) is 0 Å². The van der Waals surface area contributed by atoms with Gasteiger partial charge < -0.3 is 47.7 Å². The number of benzene rings is 9. The predicted molar refractivity (Wildman–Crippen MR) is 337 cm³/mol. The van der Waals surface area contributed by atoms with Crippen LogP contribution in [0.5, 0.6) is 51.7 Å². The van der Waals surface area contributed by atoms with Crippen molar-refractivity contribution in [1.29, 1.82) is 0 Å². The third-order valence-electron chi connectivity index (χ3n) is 16.5. The van der Waals surface area contributed by atoms with E-state index in [1.54, 1.807) is 51.1 Å². The fourth-order valence-corrected chi connectivity index (χ4v) is 12.2. The Morgan fingerprint density at radius 2 is 0.685 bits per heavy atom. The highest BCUT2D eigenvalue weighted by Gasteiger charge is 2.53. The molecule has 3 aliphatic heterocycles. The number of esters is 1.